The van der Waals surface area contributed by atoms with Crippen molar-refractivity contribution >= 4 is 29.4 Å². The Hall–Kier alpha value is -1.82. The van der Waals surface area contributed by atoms with E-state index in [0.717, 1.165) is 12.1 Å². The van der Waals surface area contributed by atoms with Gasteiger partial charge < -0.3 is 5.11 Å². The molecule has 3 nitrogen and oxygen atoms in total. The maximum Gasteiger partial charge on any atom is 0.416 e. The van der Waals surface area contributed by atoms with Crippen molar-refractivity contribution in [2.24, 2.45) is 0 Å². The lowest BCUT2D eigenvalue weighted by Gasteiger charge is -2.10. The van der Waals surface area contributed by atoms with E-state index < -0.39 is 40.5 Å². The zero-order valence-electron chi connectivity index (χ0n) is 9.37. The van der Waals surface area contributed by atoms with Gasteiger partial charge in [-0.15, -0.1) is 11.6 Å². The lowest BCUT2D eigenvalue weighted by atomic mass is 10.0. The van der Waals surface area contributed by atoms with E-state index in [1.165, 1.54) is 12.1 Å². The fourth-order valence-electron chi connectivity index (χ4n) is 1.37. The van der Waals surface area contributed by atoms with Crippen LogP contribution in [-0.2, 0) is 15.8 Å². The Balaban J connectivity index is 3.38. The van der Waals surface area contributed by atoms with E-state index in [4.69, 9.17) is 16.7 Å². The number of carbonyl (C=O) groups excluding carboxylic acids is 1. The van der Waals surface area contributed by atoms with Crippen molar-refractivity contribution in [3.8, 4) is 0 Å². The molecule has 1 N–H and O–H groups in total. The number of hydrogen-bond donors (Lipinski definition) is 1. The minimum absolute atomic E-state index is 0.397. The molecule has 1 aromatic rings. The highest BCUT2D eigenvalue weighted by Crippen LogP contribution is 2.32. The number of carboxylic acids is 1. The first-order valence-electron chi connectivity index (χ1n) is 4.97. The number of carboxylic acid groups (broad SMARTS) is 1. The van der Waals surface area contributed by atoms with Gasteiger partial charge in [0, 0.05) is 0 Å². The Kier molecular flexibility index (Phi) is 4.72. The van der Waals surface area contributed by atoms with Crippen LogP contribution in [-0.4, -0.2) is 22.7 Å². The molecular weight excluding hydrogens is 285 g/mol. The molecule has 0 aliphatic carbocycles. The summed E-state index contributed by atoms with van der Waals surface area (Å²) >= 11 is 5.21. The molecule has 0 bridgehead atoms. The van der Waals surface area contributed by atoms with E-state index in [2.05, 4.69) is 0 Å². The molecule has 0 saturated heterocycles. The summed E-state index contributed by atoms with van der Waals surface area (Å²) in [6, 6.07) is 4.36. The summed E-state index contributed by atoms with van der Waals surface area (Å²) in [5, 5.41) is 8.80. The molecule has 7 heteroatoms. The van der Waals surface area contributed by atoms with E-state index in [1.807, 2.05) is 0 Å². The van der Waals surface area contributed by atoms with Crippen molar-refractivity contribution in [2.45, 2.75) is 6.18 Å². The monoisotopic (exact) mass is 292 g/mol. The smallest absolute Gasteiger partial charge is 0.416 e. The van der Waals surface area contributed by atoms with Crippen LogP contribution in [0.15, 0.2) is 29.8 Å². The Morgan fingerprint density at radius 2 is 1.84 bits per heavy atom. The molecule has 0 unspecified atom stereocenters. The van der Waals surface area contributed by atoms with Gasteiger partial charge in [-0.2, -0.15) is 13.2 Å². The second-order valence-electron chi connectivity index (χ2n) is 3.50. The number of Topliss-reactive ketones (excluding diaryl/α,β-unsaturated/α-hetero) is 1. The first-order valence-corrected chi connectivity index (χ1v) is 5.51. The predicted octanol–water partition coefficient (Wildman–Crippen LogP) is 2.98. The number of ketones is 1. The van der Waals surface area contributed by atoms with Gasteiger partial charge in [0.1, 0.15) is 5.57 Å². The summed E-state index contributed by atoms with van der Waals surface area (Å²) < 4.78 is 38.1. The molecule has 0 aliphatic heterocycles. The van der Waals surface area contributed by atoms with E-state index in [9.17, 15) is 22.8 Å². The molecule has 1 rings (SSSR count). The number of alkyl halides is 4. The van der Waals surface area contributed by atoms with Crippen LogP contribution < -0.4 is 0 Å². The zero-order chi connectivity index (χ0) is 14.6. The molecule has 0 atom stereocenters. The SMILES string of the molecule is O=C(O)/C(=C/c1ccccc1C(F)(F)F)C(=O)CCl. The van der Waals surface area contributed by atoms with Crippen LogP contribution in [0.3, 0.4) is 0 Å². The number of halogens is 4. The molecule has 0 aliphatic rings. The lowest BCUT2D eigenvalue weighted by Crippen LogP contribution is -2.14. The van der Waals surface area contributed by atoms with Gasteiger partial charge in [-0.25, -0.2) is 4.79 Å². The number of hydrogen-bond acceptors (Lipinski definition) is 2. The second kappa shape index (κ2) is 5.88. The van der Waals surface area contributed by atoms with Gasteiger partial charge in [-0.1, -0.05) is 18.2 Å². The van der Waals surface area contributed by atoms with Crippen LogP contribution in [0.2, 0.25) is 0 Å². The van der Waals surface area contributed by atoms with Crippen molar-refractivity contribution in [3.05, 3.63) is 41.0 Å². The molecule has 1 aromatic carbocycles. The van der Waals surface area contributed by atoms with Gasteiger partial charge in [-0.3, -0.25) is 4.79 Å². The van der Waals surface area contributed by atoms with Gasteiger partial charge in [0.2, 0.25) is 0 Å². The number of carbonyl (C=O) groups is 2. The van der Waals surface area contributed by atoms with Crippen molar-refractivity contribution in [1.29, 1.82) is 0 Å². The Labute approximate surface area is 111 Å². The van der Waals surface area contributed by atoms with Crippen molar-refractivity contribution in [2.75, 3.05) is 5.88 Å². The van der Waals surface area contributed by atoms with Gasteiger partial charge >= 0.3 is 12.1 Å². The van der Waals surface area contributed by atoms with Crippen LogP contribution >= 0.6 is 11.6 Å². The maximum atomic E-state index is 12.7. The van der Waals surface area contributed by atoms with Crippen molar-refractivity contribution in [1.82, 2.24) is 0 Å². The average Bonchev–Trinajstić information content (AvgIpc) is 2.34. The van der Waals surface area contributed by atoms with Crippen LogP contribution in [0.1, 0.15) is 11.1 Å². The molecular formula is C12H8ClF3O3. The van der Waals surface area contributed by atoms with Crippen LogP contribution in [0, 0.1) is 0 Å². The minimum Gasteiger partial charge on any atom is -0.478 e. The first-order chi connectivity index (χ1) is 8.77. The third-order valence-corrected chi connectivity index (χ3v) is 2.46. The molecule has 0 radical (unpaired) electrons. The molecule has 19 heavy (non-hydrogen) atoms. The summed E-state index contributed by atoms with van der Waals surface area (Å²) in [5.74, 6) is -3.19. The van der Waals surface area contributed by atoms with Crippen LogP contribution in [0.5, 0.6) is 0 Å². The Bertz CT molecular complexity index is 535. The Morgan fingerprint density at radius 1 is 1.26 bits per heavy atom. The average molecular weight is 293 g/mol. The second-order valence-corrected chi connectivity index (χ2v) is 3.77. The highest BCUT2D eigenvalue weighted by Gasteiger charge is 2.33. The van der Waals surface area contributed by atoms with Crippen molar-refractivity contribution in [3.63, 3.8) is 0 Å². The van der Waals surface area contributed by atoms with Gasteiger partial charge in [0.25, 0.3) is 0 Å². The largest absolute Gasteiger partial charge is 0.478 e. The molecule has 0 fully saturated rings. The normalized spacial score (nSPS) is 12.3. The number of aliphatic carboxylic acids is 1. The standard InChI is InChI=1S/C12H8ClF3O3/c13-6-10(17)8(11(18)19)5-7-3-1-2-4-9(7)12(14,15)16/h1-5H,6H2,(H,18,19)/b8-5+. The molecule has 0 spiro atoms. The molecule has 0 heterocycles. The molecule has 0 saturated carbocycles. The van der Waals surface area contributed by atoms with Gasteiger partial charge in [0.05, 0.1) is 11.4 Å². The first kappa shape index (κ1) is 15.2. The molecule has 102 valence electrons. The van der Waals surface area contributed by atoms with E-state index in [0.29, 0.717) is 6.08 Å². The zero-order valence-corrected chi connectivity index (χ0v) is 10.1. The fourth-order valence-corrected chi connectivity index (χ4v) is 1.51. The third-order valence-electron chi connectivity index (χ3n) is 2.22. The summed E-state index contributed by atoms with van der Waals surface area (Å²) in [4.78, 5) is 22.1. The predicted molar refractivity (Wildman–Crippen MR) is 62.8 cm³/mol. The van der Waals surface area contributed by atoms with Gasteiger partial charge in [-0.05, 0) is 17.7 Å². The number of benzene rings is 1. The minimum atomic E-state index is -4.64. The van der Waals surface area contributed by atoms with Gasteiger partial charge in [0.15, 0.2) is 5.78 Å². The summed E-state index contributed by atoms with van der Waals surface area (Å²) in [5.41, 5.74) is -2.20. The quantitative estimate of drug-likeness (QED) is 0.402. The topological polar surface area (TPSA) is 54.4 Å². The highest BCUT2D eigenvalue weighted by molar-refractivity contribution is 6.35. The Morgan fingerprint density at radius 3 is 2.32 bits per heavy atom. The molecule has 0 amide bonds. The lowest BCUT2D eigenvalue weighted by molar-refractivity contribution is -0.138. The fraction of sp³-hybridized carbons (Fsp3) is 0.167. The summed E-state index contributed by atoms with van der Waals surface area (Å²) in [7, 11) is 0. The molecule has 0 aromatic heterocycles. The highest BCUT2D eigenvalue weighted by atomic mass is 35.5. The van der Waals surface area contributed by atoms with E-state index >= 15 is 0 Å². The summed E-state index contributed by atoms with van der Waals surface area (Å²) in [6.45, 7) is 0. The number of rotatable bonds is 4. The van der Waals surface area contributed by atoms with Crippen LogP contribution in [0.25, 0.3) is 6.08 Å². The van der Waals surface area contributed by atoms with E-state index in [1.54, 1.807) is 0 Å². The van der Waals surface area contributed by atoms with Crippen LogP contribution in [0.4, 0.5) is 13.2 Å². The van der Waals surface area contributed by atoms with E-state index in [-0.39, 0.29) is 0 Å². The summed E-state index contributed by atoms with van der Waals surface area (Å²) in [6.07, 6.45) is -3.96. The third kappa shape index (κ3) is 3.82. The van der Waals surface area contributed by atoms with Crippen molar-refractivity contribution < 1.29 is 27.9 Å². The maximum absolute atomic E-state index is 12.7.